The van der Waals surface area contributed by atoms with E-state index >= 15 is 0 Å². The van der Waals surface area contributed by atoms with Crippen molar-refractivity contribution < 1.29 is 14.6 Å². The molecule has 3 aromatic carbocycles. The average Bonchev–Trinajstić information content (AvgIpc) is 2.72. The number of aromatic hydroxyl groups is 1. The van der Waals surface area contributed by atoms with Gasteiger partial charge in [0, 0.05) is 11.1 Å². The Morgan fingerprint density at radius 3 is 2.21 bits per heavy atom. The Balaban J connectivity index is 1.64. The maximum Gasteiger partial charge on any atom is 0.185 e. The van der Waals surface area contributed by atoms with E-state index < -0.39 is 0 Å². The van der Waals surface area contributed by atoms with Gasteiger partial charge in [-0.1, -0.05) is 42.5 Å². The third-order valence-corrected chi connectivity index (χ3v) is 5.13. The number of carbonyl (C=O) groups is 1. The molecule has 0 saturated heterocycles. The lowest BCUT2D eigenvalue weighted by molar-refractivity contribution is -0.112. The topological polar surface area (TPSA) is 46.5 Å². The van der Waals surface area contributed by atoms with Gasteiger partial charge >= 0.3 is 0 Å². The Labute approximate surface area is 164 Å². The molecule has 0 spiro atoms. The molecule has 1 saturated carbocycles. The minimum absolute atomic E-state index is 0.0940. The summed E-state index contributed by atoms with van der Waals surface area (Å²) in [5.41, 5.74) is 3.55. The number of carbonyl (C=O) groups excluding carboxylic acids is 1. The summed E-state index contributed by atoms with van der Waals surface area (Å²) in [6.07, 6.45) is 6.42. The number of benzene rings is 3. The molecule has 0 aliphatic heterocycles. The maximum absolute atomic E-state index is 13.0. The normalized spacial score (nSPS) is 17.4. The number of allylic oxidation sites excluding steroid dienone is 2. The smallest absolute Gasteiger partial charge is 0.185 e. The third kappa shape index (κ3) is 3.70. The van der Waals surface area contributed by atoms with Gasteiger partial charge in [-0.3, -0.25) is 4.79 Å². The first-order valence-corrected chi connectivity index (χ1v) is 9.46. The zero-order chi connectivity index (χ0) is 19.5. The fourth-order valence-electron chi connectivity index (χ4n) is 3.66. The summed E-state index contributed by atoms with van der Waals surface area (Å²) in [7, 11) is 1.52. The highest BCUT2D eigenvalue weighted by Crippen LogP contribution is 2.31. The first kappa shape index (κ1) is 18.1. The molecule has 1 aliphatic carbocycles. The monoisotopic (exact) mass is 370 g/mol. The number of phenolic OH excluding ortho intramolecular Hbond substituents is 1. The summed E-state index contributed by atoms with van der Waals surface area (Å²) < 4.78 is 5.16. The van der Waals surface area contributed by atoms with Gasteiger partial charge in [0.2, 0.25) is 0 Å². The van der Waals surface area contributed by atoms with E-state index in [1.807, 2.05) is 24.3 Å². The first-order chi connectivity index (χ1) is 13.6. The number of methoxy groups -OCH3 is 1. The SMILES string of the molecule is COc1cc(/C=C2\CCC/C(=C\c3ccc4ccccc4c3)C2=O)ccc1O. The van der Waals surface area contributed by atoms with Gasteiger partial charge < -0.3 is 9.84 Å². The van der Waals surface area contributed by atoms with Gasteiger partial charge in [-0.2, -0.15) is 0 Å². The van der Waals surface area contributed by atoms with Crippen LogP contribution in [0.15, 0.2) is 71.8 Å². The van der Waals surface area contributed by atoms with E-state index in [1.165, 1.54) is 17.9 Å². The average molecular weight is 370 g/mol. The molecule has 3 heteroatoms. The van der Waals surface area contributed by atoms with E-state index in [0.717, 1.165) is 41.5 Å². The van der Waals surface area contributed by atoms with E-state index in [4.69, 9.17) is 4.74 Å². The van der Waals surface area contributed by atoms with Crippen molar-refractivity contribution in [2.24, 2.45) is 0 Å². The van der Waals surface area contributed by atoms with Crippen molar-refractivity contribution in [1.29, 1.82) is 0 Å². The Morgan fingerprint density at radius 1 is 0.857 bits per heavy atom. The summed E-state index contributed by atoms with van der Waals surface area (Å²) in [5, 5.41) is 12.1. The highest BCUT2D eigenvalue weighted by Gasteiger charge is 2.20. The molecule has 0 heterocycles. The molecule has 3 aromatic rings. The summed E-state index contributed by atoms with van der Waals surface area (Å²) in [4.78, 5) is 13.0. The van der Waals surface area contributed by atoms with Crippen LogP contribution in [0.25, 0.3) is 22.9 Å². The van der Waals surface area contributed by atoms with Gasteiger partial charge in [-0.05, 0) is 71.5 Å². The Kier molecular flexibility index (Phi) is 4.98. The highest BCUT2D eigenvalue weighted by atomic mass is 16.5. The maximum atomic E-state index is 13.0. The Morgan fingerprint density at radius 2 is 1.50 bits per heavy atom. The molecule has 1 N–H and O–H groups in total. The summed E-state index contributed by atoms with van der Waals surface area (Å²) in [6, 6.07) is 19.6. The fraction of sp³-hybridized carbons (Fsp3) is 0.160. The Bertz CT molecular complexity index is 1110. The lowest BCUT2D eigenvalue weighted by Gasteiger charge is -2.17. The molecular formula is C25H22O3. The van der Waals surface area contributed by atoms with E-state index in [9.17, 15) is 9.90 Å². The summed E-state index contributed by atoms with van der Waals surface area (Å²) in [6.45, 7) is 0. The van der Waals surface area contributed by atoms with Crippen molar-refractivity contribution in [2.45, 2.75) is 19.3 Å². The van der Waals surface area contributed by atoms with E-state index in [2.05, 4.69) is 30.3 Å². The minimum atomic E-state index is 0.0940. The molecule has 1 aliphatic rings. The van der Waals surface area contributed by atoms with Gasteiger partial charge in [-0.15, -0.1) is 0 Å². The van der Waals surface area contributed by atoms with Crippen LogP contribution in [0.1, 0.15) is 30.4 Å². The highest BCUT2D eigenvalue weighted by molar-refractivity contribution is 6.14. The van der Waals surface area contributed by atoms with Gasteiger partial charge in [0.25, 0.3) is 0 Å². The number of Topliss-reactive ketones (excluding diaryl/α,β-unsaturated/α-hetero) is 1. The van der Waals surface area contributed by atoms with Gasteiger partial charge in [0.15, 0.2) is 17.3 Å². The first-order valence-electron chi connectivity index (χ1n) is 9.46. The van der Waals surface area contributed by atoms with Crippen molar-refractivity contribution in [3.63, 3.8) is 0 Å². The summed E-state index contributed by atoms with van der Waals surface area (Å²) in [5.74, 6) is 0.604. The molecule has 3 nitrogen and oxygen atoms in total. The van der Waals surface area contributed by atoms with Crippen LogP contribution in [0.3, 0.4) is 0 Å². The van der Waals surface area contributed by atoms with Crippen molar-refractivity contribution in [2.75, 3.05) is 7.11 Å². The van der Waals surface area contributed by atoms with Gasteiger partial charge in [-0.25, -0.2) is 0 Å². The van der Waals surface area contributed by atoms with Crippen molar-refractivity contribution in [1.82, 2.24) is 0 Å². The second kappa shape index (κ2) is 7.73. The Hall–Kier alpha value is -3.33. The van der Waals surface area contributed by atoms with Gasteiger partial charge in [0.1, 0.15) is 0 Å². The van der Waals surface area contributed by atoms with Crippen LogP contribution in [-0.2, 0) is 4.79 Å². The van der Waals surface area contributed by atoms with Crippen molar-refractivity contribution >= 4 is 28.7 Å². The molecule has 4 rings (SSSR count). The minimum Gasteiger partial charge on any atom is -0.504 e. The largest absolute Gasteiger partial charge is 0.504 e. The predicted octanol–water partition coefficient (Wildman–Crippen LogP) is 5.77. The number of hydrogen-bond donors (Lipinski definition) is 1. The van der Waals surface area contributed by atoms with Crippen LogP contribution in [-0.4, -0.2) is 18.0 Å². The number of hydrogen-bond acceptors (Lipinski definition) is 3. The quantitative estimate of drug-likeness (QED) is 0.595. The zero-order valence-corrected chi connectivity index (χ0v) is 15.8. The van der Waals surface area contributed by atoms with Crippen LogP contribution in [0.5, 0.6) is 11.5 Å². The van der Waals surface area contributed by atoms with E-state index in [-0.39, 0.29) is 11.5 Å². The molecule has 0 amide bonds. The molecule has 1 fully saturated rings. The molecule has 0 unspecified atom stereocenters. The molecular weight excluding hydrogens is 348 g/mol. The molecule has 0 atom stereocenters. The van der Waals surface area contributed by atoms with Crippen LogP contribution >= 0.6 is 0 Å². The van der Waals surface area contributed by atoms with Gasteiger partial charge in [0.05, 0.1) is 7.11 Å². The predicted molar refractivity (Wildman–Crippen MR) is 113 cm³/mol. The number of fused-ring (bicyclic) bond motifs is 1. The second-order valence-corrected chi connectivity index (χ2v) is 7.06. The standard InChI is InChI=1S/C25H22O3/c1-28-24-16-18(10-12-23(24)26)15-22-8-4-7-21(25(22)27)14-17-9-11-19-5-2-3-6-20(19)13-17/h2-3,5-6,9-16,26H,4,7-8H2,1H3/b21-14+,22-15+. The summed E-state index contributed by atoms with van der Waals surface area (Å²) >= 11 is 0. The molecule has 0 radical (unpaired) electrons. The number of phenols is 1. The van der Waals surface area contributed by atoms with Crippen LogP contribution in [0.4, 0.5) is 0 Å². The van der Waals surface area contributed by atoms with Crippen LogP contribution in [0.2, 0.25) is 0 Å². The lowest BCUT2D eigenvalue weighted by Crippen LogP contribution is -2.12. The van der Waals surface area contributed by atoms with Crippen LogP contribution in [0, 0.1) is 0 Å². The molecule has 0 bridgehead atoms. The van der Waals surface area contributed by atoms with Crippen molar-refractivity contribution in [3.8, 4) is 11.5 Å². The van der Waals surface area contributed by atoms with Crippen molar-refractivity contribution in [3.05, 3.63) is 82.9 Å². The number of ether oxygens (including phenoxy) is 1. The zero-order valence-electron chi connectivity index (χ0n) is 15.8. The van der Waals surface area contributed by atoms with E-state index in [1.54, 1.807) is 18.2 Å². The fourth-order valence-corrected chi connectivity index (χ4v) is 3.66. The van der Waals surface area contributed by atoms with E-state index in [0.29, 0.717) is 5.75 Å². The van der Waals surface area contributed by atoms with Crippen LogP contribution < -0.4 is 4.74 Å². The second-order valence-electron chi connectivity index (χ2n) is 7.06. The molecule has 140 valence electrons. The molecule has 28 heavy (non-hydrogen) atoms. The third-order valence-electron chi connectivity index (χ3n) is 5.13. The molecule has 0 aromatic heterocycles. The number of rotatable bonds is 3. The number of ketones is 1. The lowest BCUT2D eigenvalue weighted by atomic mass is 9.86.